The van der Waals surface area contributed by atoms with E-state index >= 15 is 0 Å². The van der Waals surface area contributed by atoms with Crippen molar-refractivity contribution in [2.45, 2.75) is 58.8 Å². The SMILES string of the molecule is C#C[C@H](OC(C)=O)[C@H](C)[C@H](CC[C@H](C)[C@@H]1OC(=O)C=C[C@@H]1C)OP(=O)(O)O. The highest BCUT2D eigenvalue weighted by molar-refractivity contribution is 7.46. The molecule has 1 aliphatic heterocycles. The Bertz CT molecular complexity index is 646. The van der Waals surface area contributed by atoms with E-state index < -0.39 is 37.9 Å². The first-order chi connectivity index (χ1) is 12.4. The molecule has 0 aliphatic carbocycles. The van der Waals surface area contributed by atoms with Crippen LogP contribution in [0.15, 0.2) is 12.2 Å². The van der Waals surface area contributed by atoms with Gasteiger partial charge in [-0.15, -0.1) is 6.42 Å². The van der Waals surface area contributed by atoms with Crippen molar-refractivity contribution in [3.63, 3.8) is 0 Å². The molecule has 0 saturated heterocycles. The molecule has 0 bridgehead atoms. The maximum atomic E-state index is 11.5. The van der Waals surface area contributed by atoms with Crippen LogP contribution >= 0.6 is 7.82 Å². The molecule has 0 radical (unpaired) electrons. The van der Waals surface area contributed by atoms with Gasteiger partial charge in [-0.25, -0.2) is 9.36 Å². The Morgan fingerprint density at radius 2 is 2.04 bits per heavy atom. The maximum Gasteiger partial charge on any atom is 0.469 e. The van der Waals surface area contributed by atoms with Gasteiger partial charge < -0.3 is 19.3 Å². The molecule has 8 nitrogen and oxygen atoms in total. The lowest BCUT2D eigenvalue weighted by Crippen LogP contribution is -2.36. The molecular weight excluding hydrogens is 375 g/mol. The summed E-state index contributed by atoms with van der Waals surface area (Å²) in [6.07, 6.45) is 6.97. The van der Waals surface area contributed by atoms with E-state index in [-0.39, 0.29) is 24.4 Å². The number of carbonyl (C=O) groups excluding carboxylic acids is 2. The molecule has 27 heavy (non-hydrogen) atoms. The fourth-order valence-electron chi connectivity index (χ4n) is 3.10. The molecule has 0 saturated carbocycles. The Morgan fingerprint density at radius 1 is 1.41 bits per heavy atom. The second-order valence-electron chi connectivity index (χ2n) is 6.86. The average molecular weight is 402 g/mol. The van der Waals surface area contributed by atoms with E-state index in [1.54, 1.807) is 13.0 Å². The average Bonchev–Trinajstić information content (AvgIpc) is 2.56. The molecule has 152 valence electrons. The third-order valence-corrected chi connectivity index (χ3v) is 5.11. The zero-order valence-electron chi connectivity index (χ0n) is 15.9. The summed E-state index contributed by atoms with van der Waals surface area (Å²) in [6.45, 7) is 6.61. The van der Waals surface area contributed by atoms with Crippen LogP contribution in [0, 0.1) is 30.1 Å². The van der Waals surface area contributed by atoms with Crippen molar-refractivity contribution in [2.24, 2.45) is 17.8 Å². The van der Waals surface area contributed by atoms with Gasteiger partial charge in [-0.3, -0.25) is 9.32 Å². The molecule has 2 N–H and O–H groups in total. The van der Waals surface area contributed by atoms with E-state index in [0.717, 1.165) is 0 Å². The Labute approximate surface area is 159 Å². The van der Waals surface area contributed by atoms with Gasteiger partial charge in [-0.1, -0.05) is 32.8 Å². The molecule has 1 rings (SSSR count). The van der Waals surface area contributed by atoms with E-state index in [9.17, 15) is 23.9 Å². The van der Waals surface area contributed by atoms with Crippen molar-refractivity contribution in [1.82, 2.24) is 0 Å². The molecule has 0 fully saturated rings. The summed E-state index contributed by atoms with van der Waals surface area (Å²) in [5.74, 6) is 0.595. The van der Waals surface area contributed by atoms with Crippen molar-refractivity contribution in [1.29, 1.82) is 0 Å². The third-order valence-electron chi connectivity index (χ3n) is 4.57. The van der Waals surface area contributed by atoms with Crippen molar-refractivity contribution in [2.75, 3.05) is 0 Å². The van der Waals surface area contributed by atoms with E-state index in [1.165, 1.54) is 13.0 Å². The predicted octanol–water partition coefficient (Wildman–Crippen LogP) is 2.20. The van der Waals surface area contributed by atoms with Gasteiger partial charge in [0.05, 0.1) is 6.10 Å². The third kappa shape index (κ3) is 7.86. The molecule has 0 unspecified atom stereocenters. The quantitative estimate of drug-likeness (QED) is 0.342. The minimum atomic E-state index is -4.78. The number of esters is 2. The predicted molar refractivity (Wildman–Crippen MR) is 97.1 cm³/mol. The molecule has 0 amide bonds. The number of carbonyl (C=O) groups is 2. The molecule has 6 atom stereocenters. The van der Waals surface area contributed by atoms with E-state index in [0.29, 0.717) is 6.42 Å². The van der Waals surface area contributed by atoms with Gasteiger partial charge in [0.25, 0.3) is 0 Å². The molecule has 1 heterocycles. The number of ether oxygens (including phenoxy) is 2. The first-order valence-electron chi connectivity index (χ1n) is 8.70. The number of phosphoric ester groups is 1. The van der Waals surface area contributed by atoms with E-state index in [4.69, 9.17) is 20.4 Å². The van der Waals surface area contributed by atoms with Crippen molar-refractivity contribution in [3.05, 3.63) is 12.2 Å². The van der Waals surface area contributed by atoms with Crippen LogP contribution in [0.2, 0.25) is 0 Å². The highest BCUT2D eigenvalue weighted by atomic mass is 31.2. The topological polar surface area (TPSA) is 119 Å². The molecule has 0 aromatic heterocycles. The maximum absolute atomic E-state index is 11.5. The van der Waals surface area contributed by atoms with Crippen LogP contribution in [0.25, 0.3) is 0 Å². The number of hydrogen-bond acceptors (Lipinski definition) is 6. The summed E-state index contributed by atoms with van der Waals surface area (Å²) in [4.78, 5) is 41.1. The summed E-state index contributed by atoms with van der Waals surface area (Å²) in [7, 11) is -4.78. The second kappa shape index (κ2) is 10.0. The lowest BCUT2D eigenvalue weighted by molar-refractivity contribution is -0.149. The number of cyclic esters (lactones) is 1. The van der Waals surface area contributed by atoms with Crippen LogP contribution in [0.3, 0.4) is 0 Å². The van der Waals surface area contributed by atoms with Gasteiger partial charge in [0, 0.05) is 24.8 Å². The fourth-order valence-corrected chi connectivity index (χ4v) is 3.75. The molecule has 0 aromatic rings. The van der Waals surface area contributed by atoms with Gasteiger partial charge in [-0.2, -0.15) is 0 Å². The molecule has 1 aliphatic rings. The van der Waals surface area contributed by atoms with Crippen LogP contribution in [0.4, 0.5) is 0 Å². The minimum absolute atomic E-state index is 0.0239. The van der Waals surface area contributed by atoms with Crippen LogP contribution in [0.1, 0.15) is 40.5 Å². The van der Waals surface area contributed by atoms with Gasteiger partial charge in [0.2, 0.25) is 0 Å². The summed E-state index contributed by atoms with van der Waals surface area (Å²) in [6, 6.07) is 0. The lowest BCUT2D eigenvalue weighted by atomic mass is 9.85. The van der Waals surface area contributed by atoms with Gasteiger partial charge in [-0.05, 0) is 18.8 Å². The van der Waals surface area contributed by atoms with E-state index in [2.05, 4.69) is 5.92 Å². The first-order valence-corrected chi connectivity index (χ1v) is 10.2. The van der Waals surface area contributed by atoms with Gasteiger partial charge in [0.15, 0.2) is 6.10 Å². The zero-order valence-corrected chi connectivity index (χ0v) is 16.8. The monoisotopic (exact) mass is 402 g/mol. The first kappa shape index (κ1) is 23.4. The highest BCUT2D eigenvalue weighted by Crippen LogP contribution is 2.41. The van der Waals surface area contributed by atoms with Gasteiger partial charge in [0.1, 0.15) is 6.10 Å². The van der Waals surface area contributed by atoms with Crippen LogP contribution < -0.4 is 0 Å². The van der Waals surface area contributed by atoms with Crippen LogP contribution in [0.5, 0.6) is 0 Å². The molecule has 0 spiro atoms. The number of hydrogen-bond donors (Lipinski definition) is 2. The lowest BCUT2D eigenvalue weighted by Gasteiger charge is -2.32. The Kier molecular flexibility index (Phi) is 8.70. The summed E-state index contributed by atoms with van der Waals surface area (Å²) >= 11 is 0. The smallest absolute Gasteiger partial charge is 0.458 e. The highest BCUT2D eigenvalue weighted by Gasteiger charge is 2.35. The Balaban J connectivity index is 2.84. The number of terminal acetylenes is 1. The zero-order chi connectivity index (χ0) is 20.8. The Hall–Kier alpha value is -1.65. The molecule has 9 heteroatoms. The van der Waals surface area contributed by atoms with Crippen molar-refractivity contribution >= 4 is 19.8 Å². The minimum Gasteiger partial charge on any atom is -0.458 e. The normalized spacial score (nSPS) is 24.3. The van der Waals surface area contributed by atoms with Crippen molar-refractivity contribution < 1.29 is 37.9 Å². The van der Waals surface area contributed by atoms with Crippen LogP contribution in [-0.2, 0) is 28.2 Å². The number of rotatable bonds is 9. The fraction of sp³-hybridized carbons (Fsp3) is 0.667. The summed E-state index contributed by atoms with van der Waals surface area (Å²) in [5, 5.41) is 0. The second-order valence-corrected chi connectivity index (χ2v) is 8.06. The largest absolute Gasteiger partial charge is 0.469 e. The van der Waals surface area contributed by atoms with Crippen molar-refractivity contribution in [3.8, 4) is 12.3 Å². The molecule has 0 aromatic carbocycles. The van der Waals surface area contributed by atoms with Gasteiger partial charge >= 0.3 is 19.8 Å². The standard InChI is InChI=1S/C18H27O8P/c1-6-15(24-14(5)19)13(4)16(26-27(21,22)23)9-7-11(2)18-12(3)8-10-17(20)25-18/h1,8,10-13,15-16,18H,7,9H2,2-5H3,(H2,21,22,23)/t11-,12-,13-,15-,16-,18-/m0/s1. The number of phosphoric acid groups is 1. The molecular formula is C18H27O8P. The van der Waals surface area contributed by atoms with Crippen LogP contribution in [-0.4, -0.2) is 40.0 Å². The Morgan fingerprint density at radius 3 is 2.56 bits per heavy atom. The summed E-state index contributed by atoms with van der Waals surface area (Å²) < 4.78 is 26.6. The summed E-state index contributed by atoms with van der Waals surface area (Å²) in [5.41, 5.74) is 0. The van der Waals surface area contributed by atoms with E-state index in [1.807, 2.05) is 13.8 Å².